The van der Waals surface area contributed by atoms with Gasteiger partial charge >= 0.3 is 0 Å². The predicted octanol–water partition coefficient (Wildman–Crippen LogP) is 3.52. The van der Waals surface area contributed by atoms with Gasteiger partial charge in [0.05, 0.1) is 42.7 Å². The number of hydrogen-bond donors (Lipinski definition) is 1. The average molecular weight is 426 g/mol. The fraction of sp³-hybridized carbons (Fsp3) is 0.273. The van der Waals surface area contributed by atoms with E-state index in [-0.39, 0.29) is 5.91 Å². The van der Waals surface area contributed by atoms with E-state index >= 15 is 0 Å². The lowest BCUT2D eigenvalue weighted by molar-refractivity contribution is 0.102. The van der Waals surface area contributed by atoms with Crippen molar-refractivity contribution in [2.24, 2.45) is 0 Å². The highest BCUT2D eigenvalue weighted by molar-refractivity contribution is 7.83. The van der Waals surface area contributed by atoms with E-state index in [1.165, 1.54) is 7.11 Å². The van der Waals surface area contributed by atoms with Crippen LogP contribution in [-0.2, 0) is 22.3 Å². The second kappa shape index (κ2) is 7.95. The van der Waals surface area contributed by atoms with Crippen LogP contribution in [0.2, 0.25) is 0 Å². The molecule has 0 spiro atoms. The van der Waals surface area contributed by atoms with Crippen LogP contribution in [0.3, 0.4) is 0 Å². The Labute approximate surface area is 177 Å². The Hall–Kier alpha value is -3.13. The first-order chi connectivity index (χ1) is 14.4. The Kier molecular flexibility index (Phi) is 5.34. The summed E-state index contributed by atoms with van der Waals surface area (Å²) >= 11 is 0. The molecule has 1 aliphatic heterocycles. The fourth-order valence-corrected chi connectivity index (χ4v) is 4.90. The Bertz CT molecular complexity index is 1170. The number of anilines is 1. The van der Waals surface area contributed by atoms with E-state index < -0.39 is 10.8 Å². The van der Waals surface area contributed by atoms with Crippen LogP contribution in [0, 0.1) is 13.8 Å². The Morgan fingerprint density at radius 1 is 1.10 bits per heavy atom. The molecule has 3 aromatic rings. The number of aromatic nitrogens is 2. The molecule has 2 heterocycles. The standard InChI is InChI=1S/C22H23N3O4S/c1-13-5-8-19(14(2)9-13)25-21(17-11-30(27)12-18(17)24-25)23-22(26)16-7-6-15(28-3)10-20(16)29-4/h5-10H,11-12H2,1-4H3,(H,23,26). The third-order valence-corrected chi connectivity index (χ3v) is 6.34. The first-order valence-electron chi connectivity index (χ1n) is 9.48. The van der Waals surface area contributed by atoms with E-state index in [0.717, 1.165) is 28.1 Å². The zero-order valence-electron chi connectivity index (χ0n) is 17.3. The molecule has 156 valence electrons. The van der Waals surface area contributed by atoms with Crippen molar-refractivity contribution in [3.8, 4) is 17.2 Å². The largest absolute Gasteiger partial charge is 0.497 e. The quantitative estimate of drug-likeness (QED) is 0.676. The summed E-state index contributed by atoms with van der Waals surface area (Å²) in [6.45, 7) is 4.03. The van der Waals surface area contributed by atoms with Crippen molar-refractivity contribution >= 4 is 22.5 Å². The summed E-state index contributed by atoms with van der Waals surface area (Å²) in [5.74, 6) is 1.98. The summed E-state index contributed by atoms with van der Waals surface area (Å²) in [4.78, 5) is 13.1. The van der Waals surface area contributed by atoms with Crippen LogP contribution < -0.4 is 14.8 Å². The highest BCUT2D eigenvalue weighted by Gasteiger charge is 2.29. The lowest BCUT2D eigenvalue weighted by Gasteiger charge is -2.15. The van der Waals surface area contributed by atoms with Gasteiger partial charge in [0.1, 0.15) is 17.3 Å². The van der Waals surface area contributed by atoms with Gasteiger partial charge in [-0.3, -0.25) is 9.00 Å². The minimum atomic E-state index is -1.01. The van der Waals surface area contributed by atoms with Crippen molar-refractivity contribution in [1.82, 2.24) is 9.78 Å². The molecule has 0 saturated carbocycles. The molecule has 0 saturated heterocycles. The summed E-state index contributed by atoms with van der Waals surface area (Å²) in [7, 11) is 2.05. The van der Waals surface area contributed by atoms with Crippen LogP contribution in [0.5, 0.6) is 11.5 Å². The highest BCUT2D eigenvalue weighted by Crippen LogP contribution is 2.33. The molecule has 7 nitrogen and oxygen atoms in total. The molecule has 1 amide bonds. The van der Waals surface area contributed by atoms with Crippen LogP contribution in [0.25, 0.3) is 5.69 Å². The van der Waals surface area contributed by atoms with Gasteiger partial charge in [-0.05, 0) is 37.6 Å². The number of methoxy groups -OCH3 is 2. The normalized spacial score (nSPS) is 15.0. The van der Waals surface area contributed by atoms with Gasteiger partial charge in [-0.2, -0.15) is 5.10 Å². The molecule has 8 heteroatoms. The zero-order chi connectivity index (χ0) is 21.4. The van der Waals surface area contributed by atoms with Crippen molar-refractivity contribution in [2.75, 3.05) is 19.5 Å². The number of hydrogen-bond acceptors (Lipinski definition) is 5. The highest BCUT2D eigenvalue weighted by atomic mass is 32.2. The maximum atomic E-state index is 13.1. The molecule has 4 rings (SSSR count). The maximum absolute atomic E-state index is 13.1. The molecule has 0 bridgehead atoms. The molecular weight excluding hydrogens is 402 g/mol. The molecule has 1 N–H and O–H groups in total. The van der Waals surface area contributed by atoms with E-state index in [0.29, 0.717) is 34.4 Å². The summed E-state index contributed by atoms with van der Waals surface area (Å²) in [6, 6.07) is 11.1. The van der Waals surface area contributed by atoms with E-state index in [9.17, 15) is 9.00 Å². The molecule has 1 unspecified atom stereocenters. The van der Waals surface area contributed by atoms with Crippen molar-refractivity contribution in [2.45, 2.75) is 25.4 Å². The van der Waals surface area contributed by atoms with Gasteiger partial charge in [0.15, 0.2) is 0 Å². The number of fused-ring (bicyclic) bond motifs is 1. The molecular formula is C22H23N3O4S. The van der Waals surface area contributed by atoms with Crippen LogP contribution in [0.15, 0.2) is 36.4 Å². The van der Waals surface area contributed by atoms with E-state index in [1.54, 1.807) is 30.0 Å². The van der Waals surface area contributed by atoms with E-state index in [1.807, 2.05) is 26.0 Å². The minimum absolute atomic E-state index is 0.332. The summed E-state index contributed by atoms with van der Waals surface area (Å²) < 4.78 is 24.4. The van der Waals surface area contributed by atoms with Crippen molar-refractivity contribution < 1.29 is 18.5 Å². The minimum Gasteiger partial charge on any atom is -0.497 e. The van der Waals surface area contributed by atoms with Crippen LogP contribution in [0.4, 0.5) is 5.82 Å². The molecule has 1 aliphatic rings. The molecule has 1 aromatic heterocycles. The number of amides is 1. The number of rotatable bonds is 5. The van der Waals surface area contributed by atoms with Gasteiger partial charge in [0.25, 0.3) is 5.91 Å². The topological polar surface area (TPSA) is 82.5 Å². The van der Waals surface area contributed by atoms with Gasteiger partial charge in [-0.25, -0.2) is 4.68 Å². The van der Waals surface area contributed by atoms with Crippen LogP contribution in [-0.4, -0.2) is 34.1 Å². The van der Waals surface area contributed by atoms with E-state index in [2.05, 4.69) is 16.5 Å². The number of nitrogens with one attached hydrogen (secondary N) is 1. The second-order valence-electron chi connectivity index (χ2n) is 7.22. The molecule has 1 atom stereocenters. The van der Waals surface area contributed by atoms with Crippen molar-refractivity contribution in [1.29, 1.82) is 0 Å². The SMILES string of the molecule is COc1ccc(C(=O)Nc2c3c(nn2-c2ccc(C)cc2C)CS(=O)C3)c(OC)c1. The van der Waals surface area contributed by atoms with Gasteiger partial charge < -0.3 is 14.8 Å². The number of aryl methyl sites for hydroxylation is 2. The van der Waals surface area contributed by atoms with Crippen LogP contribution in [0.1, 0.15) is 32.7 Å². The number of carbonyl (C=O) groups excluding carboxylic acids is 1. The Morgan fingerprint density at radius 2 is 1.90 bits per heavy atom. The first-order valence-corrected chi connectivity index (χ1v) is 11.0. The first kappa shape index (κ1) is 20.2. The summed E-state index contributed by atoms with van der Waals surface area (Å²) in [5, 5.41) is 7.66. The third-order valence-electron chi connectivity index (χ3n) is 5.14. The Morgan fingerprint density at radius 3 is 2.60 bits per heavy atom. The smallest absolute Gasteiger partial charge is 0.260 e. The summed E-state index contributed by atoms with van der Waals surface area (Å²) in [6.07, 6.45) is 0. The molecule has 30 heavy (non-hydrogen) atoms. The lowest BCUT2D eigenvalue weighted by Crippen LogP contribution is -2.17. The molecule has 0 radical (unpaired) electrons. The van der Waals surface area contributed by atoms with Crippen molar-refractivity contribution in [3.05, 3.63) is 64.3 Å². The predicted molar refractivity (Wildman–Crippen MR) is 116 cm³/mol. The monoisotopic (exact) mass is 425 g/mol. The fourth-order valence-electron chi connectivity index (χ4n) is 3.63. The average Bonchev–Trinajstić information content (AvgIpc) is 3.24. The third kappa shape index (κ3) is 3.59. The molecule has 0 aliphatic carbocycles. The van der Waals surface area contributed by atoms with Crippen molar-refractivity contribution in [3.63, 3.8) is 0 Å². The number of ether oxygens (including phenoxy) is 2. The maximum Gasteiger partial charge on any atom is 0.260 e. The van der Waals surface area contributed by atoms with E-state index in [4.69, 9.17) is 9.47 Å². The second-order valence-corrected chi connectivity index (χ2v) is 8.68. The van der Waals surface area contributed by atoms with Gasteiger partial charge in [-0.15, -0.1) is 0 Å². The molecule has 2 aromatic carbocycles. The number of benzene rings is 2. The lowest BCUT2D eigenvalue weighted by atomic mass is 10.1. The zero-order valence-corrected chi connectivity index (χ0v) is 18.1. The van der Waals surface area contributed by atoms with Gasteiger partial charge in [0.2, 0.25) is 0 Å². The summed E-state index contributed by atoms with van der Waals surface area (Å²) in [5.41, 5.74) is 5.00. The molecule has 0 fully saturated rings. The number of carbonyl (C=O) groups is 1. The van der Waals surface area contributed by atoms with Gasteiger partial charge in [0, 0.05) is 22.4 Å². The van der Waals surface area contributed by atoms with Crippen LogP contribution >= 0.6 is 0 Å². The number of nitrogens with zero attached hydrogens (tertiary/aromatic N) is 2. The Balaban J connectivity index is 1.77. The van der Waals surface area contributed by atoms with Gasteiger partial charge in [-0.1, -0.05) is 17.7 Å².